The molecule has 1 aliphatic rings. The summed E-state index contributed by atoms with van der Waals surface area (Å²) < 4.78 is 2.31. The second kappa shape index (κ2) is 9.92. The third-order valence-electron chi connectivity index (χ3n) is 5.97. The minimum Gasteiger partial charge on any atom is -0.367 e. The number of aromatic nitrogens is 2. The van der Waals surface area contributed by atoms with Crippen LogP contribution < -0.4 is 15.4 Å². The van der Waals surface area contributed by atoms with Crippen LogP contribution in [0.1, 0.15) is 20.3 Å². The molecule has 0 bridgehead atoms. The number of nitrogens with zero attached hydrogens (tertiary/aromatic N) is 5. The van der Waals surface area contributed by atoms with Gasteiger partial charge in [0.15, 0.2) is 0 Å². The summed E-state index contributed by atoms with van der Waals surface area (Å²) in [6.07, 6.45) is 0.277. The number of fused-ring (bicyclic) bond motifs is 1. The van der Waals surface area contributed by atoms with Gasteiger partial charge in [-0.25, -0.2) is 4.98 Å². The van der Waals surface area contributed by atoms with Crippen LogP contribution in [0.5, 0.6) is 0 Å². The van der Waals surface area contributed by atoms with E-state index in [1.165, 1.54) is 11.3 Å². The Balaban J connectivity index is 1.45. The number of thiophene rings is 1. The third kappa shape index (κ3) is 4.47. The number of benzene rings is 1. The van der Waals surface area contributed by atoms with E-state index in [0.29, 0.717) is 30.3 Å². The quantitative estimate of drug-likeness (QED) is 0.523. The number of carbonyl (C=O) groups excluding carboxylic acids is 1. The van der Waals surface area contributed by atoms with Crippen molar-refractivity contribution in [1.29, 1.82) is 0 Å². The first-order valence-corrected chi connectivity index (χ1v) is 12.3. The minimum absolute atomic E-state index is 0.0625. The number of piperazine rings is 1. The monoisotopic (exact) mass is 473 g/mol. The molecule has 2 aromatic heterocycles. The molecule has 1 saturated heterocycles. The van der Waals surface area contributed by atoms with Crippen LogP contribution in [-0.2, 0) is 11.3 Å². The van der Waals surface area contributed by atoms with E-state index in [2.05, 4.69) is 9.80 Å². The highest BCUT2D eigenvalue weighted by atomic mass is 35.5. The Morgan fingerprint density at radius 3 is 2.53 bits per heavy atom. The third-order valence-corrected chi connectivity index (χ3v) is 7.18. The SMILES string of the molecule is CCN(CC)c1nc2ccsc2c(=O)n1CCC(=O)N1CCN(c2ccccc2Cl)CC1. The molecule has 0 spiro atoms. The first-order valence-electron chi connectivity index (χ1n) is 11.0. The molecule has 0 aliphatic carbocycles. The van der Waals surface area contributed by atoms with Gasteiger partial charge in [0.05, 0.1) is 16.2 Å². The van der Waals surface area contributed by atoms with Gasteiger partial charge in [-0.2, -0.15) is 0 Å². The molecule has 1 fully saturated rings. The Bertz CT molecular complexity index is 1150. The van der Waals surface area contributed by atoms with Crippen molar-refractivity contribution in [2.75, 3.05) is 49.1 Å². The summed E-state index contributed by atoms with van der Waals surface area (Å²) >= 11 is 7.72. The molecule has 0 radical (unpaired) electrons. The zero-order valence-corrected chi connectivity index (χ0v) is 20.0. The summed E-state index contributed by atoms with van der Waals surface area (Å²) in [5, 5.41) is 2.62. The molecule has 0 saturated carbocycles. The van der Waals surface area contributed by atoms with Crippen LogP contribution in [0.4, 0.5) is 11.6 Å². The molecule has 1 aromatic carbocycles. The number of amides is 1. The molecule has 3 aromatic rings. The topological polar surface area (TPSA) is 61.7 Å². The average molecular weight is 474 g/mol. The van der Waals surface area contributed by atoms with E-state index in [0.717, 1.165) is 42.4 Å². The predicted octanol–water partition coefficient (Wildman–Crippen LogP) is 3.70. The molecule has 0 atom stereocenters. The van der Waals surface area contributed by atoms with Crippen molar-refractivity contribution >= 4 is 50.7 Å². The van der Waals surface area contributed by atoms with Gasteiger partial charge in [-0.05, 0) is 37.4 Å². The van der Waals surface area contributed by atoms with Gasteiger partial charge in [-0.3, -0.25) is 14.2 Å². The van der Waals surface area contributed by atoms with Gasteiger partial charge in [-0.15, -0.1) is 11.3 Å². The second-order valence-electron chi connectivity index (χ2n) is 7.75. The van der Waals surface area contributed by atoms with E-state index in [1.54, 1.807) is 4.57 Å². The first-order chi connectivity index (χ1) is 15.5. The molecule has 1 amide bonds. The van der Waals surface area contributed by atoms with E-state index < -0.39 is 0 Å². The number of para-hydroxylation sites is 1. The van der Waals surface area contributed by atoms with E-state index in [9.17, 15) is 9.59 Å². The molecular formula is C23H28ClN5O2S. The summed E-state index contributed by atoms with van der Waals surface area (Å²) in [7, 11) is 0. The molecule has 7 nitrogen and oxygen atoms in total. The molecule has 0 unspecified atom stereocenters. The maximum Gasteiger partial charge on any atom is 0.272 e. The molecule has 0 N–H and O–H groups in total. The van der Waals surface area contributed by atoms with Crippen molar-refractivity contribution < 1.29 is 4.79 Å². The molecule has 1 aliphatic heterocycles. The van der Waals surface area contributed by atoms with Crippen LogP contribution in [0, 0.1) is 0 Å². The molecule has 170 valence electrons. The van der Waals surface area contributed by atoms with Crippen molar-refractivity contribution in [3.63, 3.8) is 0 Å². The van der Waals surface area contributed by atoms with Crippen LogP contribution in [-0.4, -0.2) is 59.6 Å². The van der Waals surface area contributed by atoms with E-state index in [-0.39, 0.29) is 17.9 Å². The largest absolute Gasteiger partial charge is 0.367 e. The summed E-state index contributed by atoms with van der Waals surface area (Å²) in [6, 6.07) is 9.67. The highest BCUT2D eigenvalue weighted by Gasteiger charge is 2.23. The molecule has 4 rings (SSSR count). The molecule has 9 heteroatoms. The Kier molecular flexibility index (Phi) is 7.01. The molecular weight excluding hydrogens is 446 g/mol. The van der Waals surface area contributed by atoms with Gasteiger partial charge in [-0.1, -0.05) is 23.7 Å². The Morgan fingerprint density at radius 2 is 1.84 bits per heavy atom. The Morgan fingerprint density at radius 1 is 1.12 bits per heavy atom. The van der Waals surface area contributed by atoms with Crippen LogP contribution in [0.2, 0.25) is 5.02 Å². The standard InChI is InChI=1S/C23H28ClN5O2S/c1-3-26(4-2)23-25-18-10-16-32-21(18)22(31)29(23)11-9-20(30)28-14-12-27(13-15-28)19-8-6-5-7-17(19)24/h5-8,10,16H,3-4,9,11-15H2,1-2H3. The number of hydrogen-bond acceptors (Lipinski definition) is 6. The van der Waals surface area contributed by atoms with Crippen LogP contribution in [0.15, 0.2) is 40.5 Å². The van der Waals surface area contributed by atoms with E-state index in [4.69, 9.17) is 16.6 Å². The number of hydrogen-bond donors (Lipinski definition) is 0. The number of anilines is 2. The first kappa shape index (κ1) is 22.6. The van der Waals surface area contributed by atoms with Gasteiger partial charge in [0, 0.05) is 52.2 Å². The summed E-state index contributed by atoms with van der Waals surface area (Å²) in [5.41, 5.74) is 1.66. The lowest BCUT2D eigenvalue weighted by Gasteiger charge is -2.36. The predicted molar refractivity (Wildman–Crippen MR) is 132 cm³/mol. The van der Waals surface area contributed by atoms with Crippen LogP contribution >= 0.6 is 22.9 Å². The van der Waals surface area contributed by atoms with Gasteiger partial charge >= 0.3 is 0 Å². The fourth-order valence-corrected chi connectivity index (χ4v) is 5.19. The van der Waals surface area contributed by atoms with Gasteiger partial charge < -0.3 is 14.7 Å². The van der Waals surface area contributed by atoms with Crippen molar-refractivity contribution in [1.82, 2.24) is 14.5 Å². The highest BCUT2D eigenvalue weighted by molar-refractivity contribution is 7.17. The minimum atomic E-state index is -0.0664. The maximum absolute atomic E-state index is 13.1. The average Bonchev–Trinajstić information content (AvgIpc) is 3.29. The summed E-state index contributed by atoms with van der Waals surface area (Å²) in [5.74, 6) is 0.703. The normalized spacial score (nSPS) is 14.2. The molecule has 32 heavy (non-hydrogen) atoms. The fraction of sp³-hybridized carbons (Fsp3) is 0.435. The Hall–Kier alpha value is -2.58. The zero-order valence-electron chi connectivity index (χ0n) is 18.5. The lowest BCUT2D eigenvalue weighted by Crippen LogP contribution is -2.49. The smallest absolute Gasteiger partial charge is 0.272 e. The van der Waals surface area contributed by atoms with Crippen LogP contribution in [0.3, 0.4) is 0 Å². The fourth-order valence-electron chi connectivity index (χ4n) is 4.15. The zero-order chi connectivity index (χ0) is 22.7. The van der Waals surface area contributed by atoms with Gasteiger partial charge in [0.1, 0.15) is 4.70 Å². The van der Waals surface area contributed by atoms with E-state index >= 15 is 0 Å². The van der Waals surface area contributed by atoms with E-state index in [1.807, 2.05) is 54.5 Å². The van der Waals surface area contributed by atoms with Crippen LogP contribution in [0.25, 0.3) is 10.2 Å². The second-order valence-corrected chi connectivity index (χ2v) is 9.07. The van der Waals surface area contributed by atoms with Gasteiger partial charge in [0.25, 0.3) is 5.56 Å². The number of rotatable bonds is 7. The van der Waals surface area contributed by atoms with Crippen molar-refractivity contribution in [3.05, 3.63) is 51.1 Å². The highest BCUT2D eigenvalue weighted by Crippen LogP contribution is 2.26. The summed E-state index contributed by atoms with van der Waals surface area (Å²) in [6.45, 7) is 8.67. The maximum atomic E-state index is 13.1. The Labute approximate surface area is 196 Å². The van der Waals surface area contributed by atoms with Crippen molar-refractivity contribution in [2.24, 2.45) is 0 Å². The van der Waals surface area contributed by atoms with Gasteiger partial charge in [0.2, 0.25) is 11.9 Å². The number of halogens is 1. The number of carbonyl (C=O) groups is 1. The summed E-state index contributed by atoms with van der Waals surface area (Å²) in [4.78, 5) is 37.0. The van der Waals surface area contributed by atoms with Crippen molar-refractivity contribution in [2.45, 2.75) is 26.8 Å². The molecule has 3 heterocycles. The van der Waals surface area contributed by atoms with Crippen molar-refractivity contribution in [3.8, 4) is 0 Å². The lowest BCUT2D eigenvalue weighted by molar-refractivity contribution is -0.131. The lowest BCUT2D eigenvalue weighted by atomic mass is 10.2.